The Morgan fingerprint density at radius 1 is 1.24 bits per heavy atom. The zero-order valence-corrected chi connectivity index (χ0v) is 16.6. The summed E-state index contributed by atoms with van der Waals surface area (Å²) in [6.45, 7) is 1.53. The number of nitrogens with zero attached hydrogens (tertiary/aromatic N) is 3. The van der Waals surface area contributed by atoms with Crippen LogP contribution in [0.5, 0.6) is 5.75 Å². The molecule has 1 amide bonds. The summed E-state index contributed by atoms with van der Waals surface area (Å²) < 4.78 is 30.8. The molecule has 0 spiro atoms. The molecule has 0 aliphatic heterocycles. The van der Waals surface area contributed by atoms with Gasteiger partial charge in [-0.2, -0.15) is 5.10 Å². The summed E-state index contributed by atoms with van der Waals surface area (Å²) >= 11 is 0. The number of amides is 1. The molecule has 0 saturated carbocycles. The zero-order chi connectivity index (χ0) is 21.4. The highest BCUT2D eigenvalue weighted by atomic mass is 32.2. The van der Waals surface area contributed by atoms with Crippen molar-refractivity contribution in [3.05, 3.63) is 64.2 Å². The van der Waals surface area contributed by atoms with Gasteiger partial charge in [0.2, 0.25) is 10.0 Å². The van der Waals surface area contributed by atoms with E-state index < -0.39 is 27.4 Å². The van der Waals surface area contributed by atoms with Crippen molar-refractivity contribution < 1.29 is 22.9 Å². The lowest BCUT2D eigenvalue weighted by Gasteiger charge is -2.23. The maximum absolute atomic E-state index is 12.2. The minimum atomic E-state index is -3.80. The van der Waals surface area contributed by atoms with Gasteiger partial charge >= 0.3 is 0 Å². The second-order valence-corrected chi connectivity index (χ2v) is 7.69. The van der Waals surface area contributed by atoms with Crippen LogP contribution in [0.25, 0.3) is 0 Å². The lowest BCUT2D eigenvalue weighted by molar-refractivity contribution is -0.385. The average molecular weight is 420 g/mol. The standard InChI is InChI=1S/C18H20N4O6S/c1-3-28-17-11-7-6-10-16(17)21(29(2,26)27)13-18(23)20-19-12-14-8-4-5-9-15(14)22(24)25/h4-12H,3,13H2,1-2H3,(H,20,23)/b19-12-. The molecule has 0 atom stereocenters. The first-order valence-corrected chi connectivity index (χ1v) is 10.3. The molecule has 1 N–H and O–H groups in total. The van der Waals surface area contributed by atoms with Crippen molar-refractivity contribution in [3.8, 4) is 5.75 Å². The van der Waals surface area contributed by atoms with Crippen molar-refractivity contribution in [3.63, 3.8) is 0 Å². The summed E-state index contributed by atoms with van der Waals surface area (Å²) in [6, 6.07) is 12.3. The zero-order valence-electron chi connectivity index (χ0n) is 15.8. The molecule has 10 nitrogen and oxygen atoms in total. The van der Waals surface area contributed by atoms with Crippen LogP contribution in [0.1, 0.15) is 12.5 Å². The van der Waals surface area contributed by atoms with Gasteiger partial charge in [-0.25, -0.2) is 13.8 Å². The molecular weight excluding hydrogens is 400 g/mol. The van der Waals surface area contributed by atoms with E-state index in [0.29, 0.717) is 12.4 Å². The Labute approximate surface area is 168 Å². The molecule has 0 aromatic heterocycles. The van der Waals surface area contributed by atoms with E-state index in [1.165, 1.54) is 24.3 Å². The van der Waals surface area contributed by atoms with E-state index in [1.54, 1.807) is 31.2 Å². The maximum atomic E-state index is 12.2. The number of nitro groups is 1. The van der Waals surface area contributed by atoms with Gasteiger partial charge in [0.25, 0.3) is 11.6 Å². The number of hydrogen-bond donors (Lipinski definition) is 1. The number of carbonyl (C=O) groups excluding carboxylic acids is 1. The maximum Gasteiger partial charge on any atom is 0.278 e. The van der Waals surface area contributed by atoms with Gasteiger partial charge in [0, 0.05) is 6.07 Å². The lowest BCUT2D eigenvalue weighted by Crippen LogP contribution is -2.39. The molecule has 0 radical (unpaired) electrons. The molecule has 154 valence electrons. The van der Waals surface area contributed by atoms with Gasteiger partial charge in [0.05, 0.1) is 35.3 Å². The molecule has 11 heteroatoms. The van der Waals surface area contributed by atoms with E-state index in [4.69, 9.17) is 4.74 Å². The fraction of sp³-hybridized carbons (Fsp3) is 0.222. The minimum Gasteiger partial charge on any atom is -0.492 e. The number of benzene rings is 2. The monoisotopic (exact) mass is 420 g/mol. The molecule has 0 heterocycles. The van der Waals surface area contributed by atoms with Crippen molar-refractivity contribution in [1.29, 1.82) is 0 Å². The summed E-state index contributed by atoms with van der Waals surface area (Å²) in [7, 11) is -3.80. The van der Waals surface area contributed by atoms with Gasteiger partial charge in [0.1, 0.15) is 12.3 Å². The highest BCUT2D eigenvalue weighted by molar-refractivity contribution is 7.92. The third kappa shape index (κ3) is 6.01. The number of rotatable bonds is 9. The fourth-order valence-electron chi connectivity index (χ4n) is 2.42. The van der Waals surface area contributed by atoms with E-state index in [-0.39, 0.29) is 16.9 Å². The smallest absolute Gasteiger partial charge is 0.278 e. The van der Waals surface area contributed by atoms with Crippen molar-refractivity contribution >= 4 is 33.5 Å². The fourth-order valence-corrected chi connectivity index (χ4v) is 3.28. The molecule has 2 aromatic carbocycles. The summed E-state index contributed by atoms with van der Waals surface area (Å²) in [5.74, 6) is -0.409. The van der Waals surface area contributed by atoms with E-state index >= 15 is 0 Å². The number of hydrogen-bond acceptors (Lipinski definition) is 7. The van der Waals surface area contributed by atoms with Crippen LogP contribution in [-0.2, 0) is 14.8 Å². The number of hydrazone groups is 1. The molecular formula is C18H20N4O6S. The number of nitro benzene ring substituents is 1. The van der Waals surface area contributed by atoms with Crippen LogP contribution in [0.15, 0.2) is 53.6 Å². The SMILES string of the molecule is CCOc1ccccc1N(CC(=O)N/N=C\c1ccccc1[N+](=O)[O-])S(C)(=O)=O. The van der Waals surface area contributed by atoms with Crippen molar-refractivity contribution in [2.45, 2.75) is 6.92 Å². The van der Waals surface area contributed by atoms with E-state index in [0.717, 1.165) is 16.8 Å². The number of para-hydroxylation sites is 3. The summed E-state index contributed by atoms with van der Waals surface area (Å²) in [5, 5.41) is 14.7. The number of carbonyl (C=O) groups is 1. The predicted molar refractivity (Wildman–Crippen MR) is 109 cm³/mol. The highest BCUT2D eigenvalue weighted by Crippen LogP contribution is 2.29. The Balaban J connectivity index is 2.18. The third-order valence-corrected chi connectivity index (χ3v) is 4.77. The normalized spacial score (nSPS) is 11.2. The molecule has 0 aliphatic carbocycles. The number of anilines is 1. The van der Waals surface area contributed by atoms with Crippen molar-refractivity contribution in [2.75, 3.05) is 23.7 Å². The van der Waals surface area contributed by atoms with Crippen molar-refractivity contribution in [1.82, 2.24) is 5.43 Å². The first kappa shape index (κ1) is 21.8. The van der Waals surface area contributed by atoms with Gasteiger partial charge in [-0.05, 0) is 25.1 Å². The number of nitrogens with one attached hydrogen (secondary N) is 1. The predicted octanol–water partition coefficient (Wildman–Crippen LogP) is 1.91. The number of ether oxygens (including phenoxy) is 1. The van der Waals surface area contributed by atoms with Gasteiger partial charge < -0.3 is 4.74 Å². The van der Waals surface area contributed by atoms with Crippen LogP contribution in [0.4, 0.5) is 11.4 Å². The summed E-state index contributed by atoms with van der Waals surface area (Å²) in [5.41, 5.74) is 2.42. The Morgan fingerprint density at radius 3 is 2.55 bits per heavy atom. The first-order chi connectivity index (χ1) is 13.7. The first-order valence-electron chi connectivity index (χ1n) is 8.49. The number of sulfonamides is 1. The van der Waals surface area contributed by atoms with Crippen LogP contribution < -0.4 is 14.5 Å². The minimum absolute atomic E-state index is 0.172. The topological polar surface area (TPSA) is 131 Å². The highest BCUT2D eigenvalue weighted by Gasteiger charge is 2.23. The molecule has 2 aromatic rings. The average Bonchev–Trinajstić information content (AvgIpc) is 2.66. The summed E-state index contributed by atoms with van der Waals surface area (Å²) in [6.07, 6.45) is 2.09. The second kappa shape index (κ2) is 9.64. The van der Waals surface area contributed by atoms with Crippen LogP contribution >= 0.6 is 0 Å². The van der Waals surface area contributed by atoms with Gasteiger partial charge in [-0.3, -0.25) is 19.2 Å². The van der Waals surface area contributed by atoms with Crippen LogP contribution in [0.2, 0.25) is 0 Å². The molecule has 0 aliphatic rings. The van der Waals surface area contributed by atoms with E-state index in [2.05, 4.69) is 10.5 Å². The van der Waals surface area contributed by atoms with Gasteiger partial charge in [-0.1, -0.05) is 24.3 Å². The van der Waals surface area contributed by atoms with Gasteiger partial charge in [0.15, 0.2) is 0 Å². The van der Waals surface area contributed by atoms with Crippen LogP contribution in [0.3, 0.4) is 0 Å². The van der Waals surface area contributed by atoms with Crippen LogP contribution in [-0.4, -0.2) is 44.9 Å². The lowest BCUT2D eigenvalue weighted by atomic mass is 10.2. The van der Waals surface area contributed by atoms with Gasteiger partial charge in [-0.15, -0.1) is 0 Å². The molecule has 29 heavy (non-hydrogen) atoms. The Kier molecular flexibility index (Phi) is 7.26. The molecule has 0 fully saturated rings. The van der Waals surface area contributed by atoms with Crippen molar-refractivity contribution in [2.24, 2.45) is 5.10 Å². The summed E-state index contributed by atoms with van der Waals surface area (Å²) in [4.78, 5) is 22.7. The largest absolute Gasteiger partial charge is 0.492 e. The quantitative estimate of drug-likeness (QED) is 0.374. The Hall–Kier alpha value is -3.47. The Bertz CT molecular complexity index is 1020. The molecule has 0 saturated heterocycles. The second-order valence-electron chi connectivity index (χ2n) is 5.78. The van der Waals surface area contributed by atoms with E-state index in [9.17, 15) is 23.3 Å². The Morgan fingerprint density at radius 2 is 1.90 bits per heavy atom. The molecule has 2 rings (SSSR count). The molecule has 0 unspecified atom stereocenters. The van der Waals surface area contributed by atoms with E-state index in [1.807, 2.05) is 0 Å². The van der Waals surface area contributed by atoms with Crippen LogP contribution in [0, 0.1) is 10.1 Å². The molecule has 0 bridgehead atoms. The third-order valence-electron chi connectivity index (χ3n) is 3.65.